The lowest BCUT2D eigenvalue weighted by atomic mass is 9.72. The Balaban J connectivity index is 1.83. The van der Waals surface area contributed by atoms with E-state index in [9.17, 15) is 5.11 Å². The fourth-order valence-corrected chi connectivity index (χ4v) is 4.19. The summed E-state index contributed by atoms with van der Waals surface area (Å²) in [5.41, 5.74) is 1.76. The molecule has 3 heteroatoms. The van der Waals surface area contributed by atoms with Crippen LogP contribution in [0.15, 0.2) is 24.3 Å². The van der Waals surface area contributed by atoms with Crippen molar-refractivity contribution in [2.24, 2.45) is 0 Å². The van der Waals surface area contributed by atoms with Gasteiger partial charge >= 0.3 is 0 Å². The van der Waals surface area contributed by atoms with E-state index in [1.165, 1.54) is 12.0 Å². The van der Waals surface area contributed by atoms with Crippen LogP contribution in [0.25, 0.3) is 0 Å². The molecule has 2 N–H and O–H groups in total. The van der Waals surface area contributed by atoms with Gasteiger partial charge in [-0.2, -0.15) is 0 Å². The minimum absolute atomic E-state index is 0.194. The van der Waals surface area contributed by atoms with Gasteiger partial charge < -0.3 is 15.3 Å². The van der Waals surface area contributed by atoms with Gasteiger partial charge in [0.1, 0.15) is 0 Å². The van der Waals surface area contributed by atoms with E-state index in [1.807, 2.05) is 6.92 Å². The molecule has 1 saturated heterocycles. The zero-order valence-corrected chi connectivity index (χ0v) is 14.9. The van der Waals surface area contributed by atoms with E-state index >= 15 is 0 Å². The van der Waals surface area contributed by atoms with Crippen molar-refractivity contribution in [2.45, 2.75) is 50.5 Å². The van der Waals surface area contributed by atoms with Crippen molar-refractivity contribution in [3.05, 3.63) is 35.4 Å². The minimum atomic E-state index is -0.554. The first kappa shape index (κ1) is 17.5. The maximum atomic E-state index is 11.4. The van der Waals surface area contributed by atoms with E-state index in [0.717, 1.165) is 64.0 Å². The summed E-state index contributed by atoms with van der Waals surface area (Å²) in [5.74, 6) is 6.26. The van der Waals surface area contributed by atoms with Gasteiger partial charge in [0.25, 0.3) is 0 Å². The molecule has 1 aliphatic heterocycles. The Morgan fingerprint density at radius 2 is 1.79 bits per heavy atom. The van der Waals surface area contributed by atoms with Crippen LogP contribution in [0.4, 0.5) is 0 Å². The first-order valence-electron chi connectivity index (χ1n) is 9.39. The summed E-state index contributed by atoms with van der Waals surface area (Å²) in [5, 5.41) is 14.8. The van der Waals surface area contributed by atoms with E-state index in [0.29, 0.717) is 0 Å². The molecule has 0 spiro atoms. The lowest BCUT2D eigenvalue weighted by Crippen LogP contribution is -2.49. The van der Waals surface area contributed by atoms with Gasteiger partial charge in [-0.3, -0.25) is 0 Å². The predicted molar refractivity (Wildman–Crippen MR) is 99.1 cm³/mol. The molecule has 0 amide bonds. The molecule has 1 heterocycles. The fraction of sp³-hybridized carbons (Fsp3) is 0.619. The topological polar surface area (TPSA) is 35.5 Å². The van der Waals surface area contributed by atoms with Gasteiger partial charge in [-0.05, 0) is 37.5 Å². The van der Waals surface area contributed by atoms with E-state index in [4.69, 9.17) is 0 Å². The minimum Gasteiger partial charge on any atom is -0.389 e. The maximum Gasteiger partial charge on any atom is 0.0728 e. The van der Waals surface area contributed by atoms with Crippen molar-refractivity contribution >= 4 is 0 Å². The predicted octanol–water partition coefficient (Wildman–Crippen LogP) is 2.74. The number of hydrogen-bond acceptors (Lipinski definition) is 3. The van der Waals surface area contributed by atoms with Crippen molar-refractivity contribution in [3.8, 4) is 11.8 Å². The molecule has 1 saturated carbocycles. The third kappa shape index (κ3) is 4.19. The molecule has 1 aliphatic carbocycles. The number of benzene rings is 1. The average Bonchev–Trinajstić information content (AvgIpc) is 2.62. The van der Waals surface area contributed by atoms with Crippen molar-refractivity contribution in [1.82, 2.24) is 10.2 Å². The molecule has 1 aromatic rings. The van der Waals surface area contributed by atoms with E-state index in [2.05, 4.69) is 46.3 Å². The van der Waals surface area contributed by atoms with Crippen molar-refractivity contribution in [2.75, 3.05) is 32.7 Å². The number of rotatable bonds is 4. The normalized spacial score (nSPS) is 22.4. The Kier molecular flexibility index (Phi) is 5.94. The van der Waals surface area contributed by atoms with Crippen LogP contribution in [0, 0.1) is 11.8 Å². The second-order valence-electron chi connectivity index (χ2n) is 7.26. The van der Waals surface area contributed by atoms with Gasteiger partial charge in [-0.1, -0.05) is 37.3 Å². The Labute approximate surface area is 146 Å². The van der Waals surface area contributed by atoms with Gasteiger partial charge in [0, 0.05) is 44.2 Å². The number of nitrogens with one attached hydrogen (secondary N) is 1. The molecular formula is C21H30N2O. The molecule has 130 valence electrons. The monoisotopic (exact) mass is 326 g/mol. The molecule has 1 atom stereocenters. The maximum absolute atomic E-state index is 11.4. The molecule has 1 unspecified atom stereocenters. The first-order chi connectivity index (χ1) is 11.7. The van der Waals surface area contributed by atoms with Crippen LogP contribution >= 0.6 is 0 Å². The second kappa shape index (κ2) is 8.16. The van der Waals surface area contributed by atoms with E-state index in [-0.39, 0.29) is 5.92 Å². The molecule has 2 aliphatic rings. The van der Waals surface area contributed by atoms with Crippen LogP contribution in [0.5, 0.6) is 0 Å². The van der Waals surface area contributed by atoms with Crippen molar-refractivity contribution in [1.29, 1.82) is 0 Å². The smallest absolute Gasteiger partial charge is 0.0728 e. The molecule has 0 aromatic heterocycles. The highest BCUT2D eigenvalue weighted by Gasteiger charge is 2.39. The first-order valence-corrected chi connectivity index (χ1v) is 9.39. The highest BCUT2D eigenvalue weighted by atomic mass is 16.3. The summed E-state index contributed by atoms with van der Waals surface area (Å²) >= 11 is 0. The molecule has 0 bridgehead atoms. The average molecular weight is 326 g/mol. The highest BCUT2D eigenvalue weighted by Crippen LogP contribution is 2.40. The quantitative estimate of drug-likeness (QED) is 0.835. The third-order valence-corrected chi connectivity index (χ3v) is 5.60. The Morgan fingerprint density at radius 1 is 1.12 bits per heavy atom. The Hall–Kier alpha value is -1.34. The second-order valence-corrected chi connectivity index (χ2v) is 7.26. The Morgan fingerprint density at radius 3 is 2.42 bits per heavy atom. The summed E-state index contributed by atoms with van der Waals surface area (Å²) in [6.07, 6.45) is 5.41. The van der Waals surface area contributed by atoms with Crippen LogP contribution in [-0.4, -0.2) is 48.3 Å². The van der Waals surface area contributed by atoms with Gasteiger partial charge in [0.2, 0.25) is 0 Å². The lowest BCUT2D eigenvalue weighted by Gasteiger charge is -2.42. The number of hydrogen-bond donors (Lipinski definition) is 2. The molecule has 0 radical (unpaired) electrons. The molecule has 1 aromatic carbocycles. The summed E-state index contributed by atoms with van der Waals surface area (Å²) in [6, 6.07) is 8.56. The largest absolute Gasteiger partial charge is 0.389 e. The molecule has 24 heavy (non-hydrogen) atoms. The summed E-state index contributed by atoms with van der Waals surface area (Å²) < 4.78 is 0. The molecule has 3 rings (SSSR count). The lowest BCUT2D eigenvalue weighted by molar-refractivity contribution is -0.0316. The van der Waals surface area contributed by atoms with Gasteiger partial charge in [-0.25, -0.2) is 0 Å². The SMILES string of the molecule is CC#Cc1ccc(C(CN2CCNCC2)C2(O)CCCCC2)cc1. The van der Waals surface area contributed by atoms with Crippen LogP contribution < -0.4 is 5.32 Å². The van der Waals surface area contributed by atoms with Crippen LogP contribution in [0.2, 0.25) is 0 Å². The van der Waals surface area contributed by atoms with Gasteiger partial charge in [0.15, 0.2) is 0 Å². The zero-order valence-electron chi connectivity index (χ0n) is 14.9. The number of piperazine rings is 1. The molecular weight excluding hydrogens is 296 g/mol. The number of aliphatic hydroxyl groups is 1. The standard InChI is InChI=1S/C21H30N2O/c1-2-6-18-7-9-19(10-8-18)20(17-23-15-13-22-14-16-23)21(24)11-4-3-5-12-21/h7-10,20,22,24H,3-5,11-17H2,1H3. The van der Waals surface area contributed by atoms with Gasteiger partial charge in [-0.15, -0.1) is 5.92 Å². The third-order valence-electron chi connectivity index (χ3n) is 5.60. The highest BCUT2D eigenvalue weighted by molar-refractivity contribution is 5.37. The van der Waals surface area contributed by atoms with Crippen molar-refractivity contribution in [3.63, 3.8) is 0 Å². The summed E-state index contributed by atoms with van der Waals surface area (Å²) in [4.78, 5) is 2.51. The molecule has 3 nitrogen and oxygen atoms in total. The van der Waals surface area contributed by atoms with Crippen LogP contribution in [0.1, 0.15) is 56.1 Å². The summed E-state index contributed by atoms with van der Waals surface area (Å²) in [6.45, 7) is 7.08. The Bertz CT molecular complexity index is 572. The fourth-order valence-electron chi connectivity index (χ4n) is 4.19. The van der Waals surface area contributed by atoms with Crippen LogP contribution in [-0.2, 0) is 0 Å². The van der Waals surface area contributed by atoms with E-state index in [1.54, 1.807) is 0 Å². The summed E-state index contributed by atoms with van der Waals surface area (Å²) in [7, 11) is 0. The van der Waals surface area contributed by atoms with Crippen LogP contribution in [0.3, 0.4) is 0 Å². The number of nitrogens with zero attached hydrogens (tertiary/aromatic N) is 1. The van der Waals surface area contributed by atoms with E-state index < -0.39 is 5.60 Å². The zero-order chi connectivity index (χ0) is 16.8. The van der Waals surface area contributed by atoms with Crippen molar-refractivity contribution < 1.29 is 5.11 Å². The van der Waals surface area contributed by atoms with Gasteiger partial charge in [0.05, 0.1) is 5.60 Å². The molecule has 2 fully saturated rings.